The summed E-state index contributed by atoms with van der Waals surface area (Å²) < 4.78 is 11.1. The third-order valence-electron chi connectivity index (χ3n) is 7.43. The maximum absolute atomic E-state index is 13.9. The molecule has 4 aromatic carbocycles. The molecule has 4 aromatic rings. The van der Waals surface area contributed by atoms with E-state index in [2.05, 4.69) is 0 Å². The average Bonchev–Trinajstić information content (AvgIpc) is 3.54. The number of esters is 1. The summed E-state index contributed by atoms with van der Waals surface area (Å²) in [4.78, 5) is 58.4. The van der Waals surface area contributed by atoms with Crippen LogP contribution in [0.2, 0.25) is 0 Å². The lowest BCUT2D eigenvalue weighted by molar-refractivity contribution is -0.384. The standard InChI is InChI=1S/C32H25N3O8/c1-41-26-17-22(15-16-25(26)42-32(38)21-11-6-3-7-12-21)28-27-29(43-34(28)23-13-8-14-24(18-23)35(39)40)31(37)33(30(27)36)19-20-9-4-2-5-10-20/h2-18,27-29H,19H2,1H3/t27-,28+,29+/m1/s1. The molecule has 2 aliphatic rings. The molecule has 0 spiro atoms. The molecular formula is C32H25N3O8. The Morgan fingerprint density at radius 2 is 1.60 bits per heavy atom. The van der Waals surface area contributed by atoms with E-state index in [9.17, 15) is 24.5 Å². The second kappa shape index (κ2) is 11.4. The van der Waals surface area contributed by atoms with Gasteiger partial charge in [-0.25, -0.2) is 9.86 Å². The van der Waals surface area contributed by atoms with Gasteiger partial charge in [0.2, 0.25) is 5.91 Å². The number of carbonyl (C=O) groups is 3. The number of hydrogen-bond donors (Lipinski definition) is 0. The monoisotopic (exact) mass is 579 g/mol. The molecule has 3 atom stereocenters. The van der Waals surface area contributed by atoms with Crippen molar-refractivity contribution in [2.45, 2.75) is 18.7 Å². The van der Waals surface area contributed by atoms with Crippen molar-refractivity contribution < 1.29 is 33.6 Å². The fraction of sp³-hybridized carbons (Fsp3) is 0.156. The van der Waals surface area contributed by atoms with Gasteiger partial charge in [-0.3, -0.25) is 29.4 Å². The van der Waals surface area contributed by atoms with E-state index in [1.165, 1.54) is 41.3 Å². The number of benzene rings is 4. The Morgan fingerprint density at radius 1 is 0.884 bits per heavy atom. The first-order chi connectivity index (χ1) is 20.9. The Hall–Kier alpha value is -5.55. The minimum Gasteiger partial charge on any atom is -0.493 e. The van der Waals surface area contributed by atoms with Crippen LogP contribution in [0.25, 0.3) is 0 Å². The van der Waals surface area contributed by atoms with Gasteiger partial charge in [-0.15, -0.1) is 0 Å². The van der Waals surface area contributed by atoms with Gasteiger partial charge < -0.3 is 9.47 Å². The summed E-state index contributed by atoms with van der Waals surface area (Å²) in [7, 11) is 1.41. The Morgan fingerprint density at radius 3 is 2.30 bits per heavy atom. The van der Waals surface area contributed by atoms with Crippen molar-refractivity contribution in [3.63, 3.8) is 0 Å². The van der Waals surface area contributed by atoms with Crippen LogP contribution in [0.3, 0.4) is 0 Å². The number of likely N-dealkylation sites (tertiary alicyclic amines) is 1. The molecule has 11 nitrogen and oxygen atoms in total. The van der Waals surface area contributed by atoms with Crippen molar-refractivity contribution in [2.75, 3.05) is 12.2 Å². The topological polar surface area (TPSA) is 129 Å². The van der Waals surface area contributed by atoms with Crippen LogP contribution >= 0.6 is 0 Å². The second-order valence-electron chi connectivity index (χ2n) is 10.0. The maximum Gasteiger partial charge on any atom is 0.343 e. The van der Waals surface area contributed by atoms with Crippen LogP contribution in [-0.2, 0) is 21.0 Å². The van der Waals surface area contributed by atoms with E-state index in [4.69, 9.17) is 14.3 Å². The zero-order valence-corrected chi connectivity index (χ0v) is 22.9. The number of fused-ring (bicyclic) bond motifs is 1. The number of nitro groups is 1. The molecule has 0 saturated carbocycles. The van der Waals surface area contributed by atoms with Gasteiger partial charge >= 0.3 is 5.97 Å². The highest BCUT2D eigenvalue weighted by Gasteiger charge is 2.60. The van der Waals surface area contributed by atoms with Crippen molar-refractivity contribution in [2.24, 2.45) is 5.92 Å². The van der Waals surface area contributed by atoms with Crippen molar-refractivity contribution in [3.05, 3.63) is 130 Å². The van der Waals surface area contributed by atoms with E-state index in [0.717, 1.165) is 5.56 Å². The molecule has 2 aliphatic heterocycles. The molecule has 0 bridgehead atoms. The van der Waals surface area contributed by atoms with Crippen LogP contribution in [0.5, 0.6) is 11.5 Å². The Kier molecular flexibility index (Phi) is 7.31. The van der Waals surface area contributed by atoms with Crippen molar-refractivity contribution in [3.8, 4) is 11.5 Å². The van der Waals surface area contributed by atoms with Crippen molar-refractivity contribution in [1.82, 2.24) is 4.90 Å². The molecule has 0 radical (unpaired) electrons. The number of non-ortho nitro benzene ring substituents is 1. The number of hydroxylamine groups is 1. The van der Waals surface area contributed by atoms with Crippen LogP contribution in [0, 0.1) is 16.0 Å². The molecule has 43 heavy (non-hydrogen) atoms. The number of amides is 2. The number of imide groups is 1. The fourth-order valence-corrected chi connectivity index (χ4v) is 5.39. The van der Waals surface area contributed by atoms with Gasteiger partial charge in [0.05, 0.1) is 35.9 Å². The zero-order chi connectivity index (χ0) is 30.1. The first-order valence-electron chi connectivity index (χ1n) is 13.4. The van der Waals surface area contributed by atoms with Crippen molar-refractivity contribution in [1.29, 1.82) is 0 Å². The van der Waals surface area contributed by atoms with E-state index in [1.807, 2.05) is 30.3 Å². The lowest BCUT2D eigenvalue weighted by Crippen LogP contribution is -2.37. The van der Waals surface area contributed by atoms with E-state index < -0.39 is 40.8 Å². The molecule has 6 rings (SSSR count). The molecule has 2 heterocycles. The Labute approximate surface area is 245 Å². The van der Waals surface area contributed by atoms with Crippen LogP contribution in [-0.4, -0.2) is 40.8 Å². The predicted octanol–water partition coefficient (Wildman–Crippen LogP) is 4.87. The van der Waals surface area contributed by atoms with Gasteiger partial charge in [-0.1, -0.05) is 60.7 Å². The van der Waals surface area contributed by atoms with Crippen LogP contribution in [0.15, 0.2) is 103 Å². The average molecular weight is 580 g/mol. The van der Waals surface area contributed by atoms with E-state index >= 15 is 0 Å². The number of rotatable bonds is 8. The van der Waals surface area contributed by atoms with E-state index in [0.29, 0.717) is 16.8 Å². The van der Waals surface area contributed by atoms with Gasteiger partial charge in [-0.2, -0.15) is 0 Å². The summed E-state index contributed by atoms with van der Waals surface area (Å²) in [6.45, 7) is 0.0795. The van der Waals surface area contributed by atoms with Crippen LogP contribution in [0.1, 0.15) is 27.5 Å². The summed E-state index contributed by atoms with van der Waals surface area (Å²) in [5.41, 5.74) is 1.76. The molecule has 11 heteroatoms. The lowest BCUT2D eigenvalue weighted by atomic mass is 9.90. The smallest absolute Gasteiger partial charge is 0.343 e. The maximum atomic E-state index is 13.9. The normalized spacial score (nSPS) is 19.3. The molecule has 2 amide bonds. The van der Waals surface area contributed by atoms with Gasteiger partial charge in [0, 0.05) is 12.1 Å². The molecule has 0 aliphatic carbocycles. The third-order valence-corrected chi connectivity index (χ3v) is 7.43. The first kappa shape index (κ1) is 27.6. The highest BCUT2D eigenvalue weighted by atomic mass is 16.7. The molecule has 2 fully saturated rings. The SMILES string of the molecule is COc1cc([C@H]2[C@H]3C(=O)N(Cc4ccccc4)C(=O)[C@H]3ON2c2cccc([N+](=O)[O-])c2)ccc1OC(=O)c1ccccc1. The Balaban J connectivity index is 1.38. The number of carbonyl (C=O) groups excluding carboxylic acids is 3. The molecule has 0 unspecified atom stereocenters. The van der Waals surface area contributed by atoms with Gasteiger partial charge in [0.15, 0.2) is 17.6 Å². The summed E-state index contributed by atoms with van der Waals surface area (Å²) in [6, 6.07) is 27.3. The highest BCUT2D eigenvalue weighted by Crippen LogP contribution is 2.48. The molecule has 216 valence electrons. The molecule has 0 N–H and O–H groups in total. The largest absolute Gasteiger partial charge is 0.493 e. The molecule has 0 aromatic heterocycles. The Bertz CT molecular complexity index is 1710. The summed E-state index contributed by atoms with van der Waals surface area (Å²) in [5, 5.41) is 12.9. The minimum atomic E-state index is -1.15. The van der Waals surface area contributed by atoms with Gasteiger partial charge in [-0.05, 0) is 41.5 Å². The van der Waals surface area contributed by atoms with Crippen LogP contribution in [0.4, 0.5) is 11.4 Å². The van der Waals surface area contributed by atoms with E-state index in [-0.39, 0.29) is 23.7 Å². The summed E-state index contributed by atoms with van der Waals surface area (Å²) in [6.07, 6.45) is -1.15. The third kappa shape index (κ3) is 5.17. The number of methoxy groups -OCH3 is 1. The molecular weight excluding hydrogens is 554 g/mol. The predicted molar refractivity (Wildman–Crippen MR) is 153 cm³/mol. The first-order valence-corrected chi connectivity index (χ1v) is 13.4. The number of nitro benzene ring substituents is 1. The number of nitrogens with zero attached hydrogens (tertiary/aromatic N) is 3. The zero-order valence-electron chi connectivity index (χ0n) is 22.9. The number of hydrogen-bond acceptors (Lipinski definition) is 9. The van der Waals surface area contributed by atoms with Gasteiger partial charge in [0.25, 0.3) is 11.6 Å². The fourth-order valence-electron chi connectivity index (χ4n) is 5.39. The van der Waals surface area contributed by atoms with Gasteiger partial charge in [0.1, 0.15) is 5.92 Å². The lowest BCUT2D eigenvalue weighted by Gasteiger charge is -2.29. The quantitative estimate of drug-likeness (QED) is 0.0944. The summed E-state index contributed by atoms with van der Waals surface area (Å²) >= 11 is 0. The number of anilines is 1. The van der Waals surface area contributed by atoms with Crippen molar-refractivity contribution >= 4 is 29.2 Å². The number of ether oxygens (including phenoxy) is 2. The minimum absolute atomic E-state index is 0.0795. The van der Waals surface area contributed by atoms with E-state index in [1.54, 1.807) is 48.5 Å². The highest BCUT2D eigenvalue weighted by molar-refractivity contribution is 6.07. The second-order valence-corrected chi connectivity index (χ2v) is 10.0. The summed E-state index contributed by atoms with van der Waals surface area (Å²) in [5.74, 6) is -2.12. The molecule has 2 saturated heterocycles. The van der Waals surface area contributed by atoms with Crippen LogP contribution < -0.4 is 14.5 Å².